The Hall–Kier alpha value is -1.91. The first kappa shape index (κ1) is 17.4. The maximum Gasteiger partial charge on any atom is 0.238 e. The second kappa shape index (κ2) is 8.09. The van der Waals surface area contributed by atoms with Crippen LogP contribution in [-0.4, -0.2) is 12.5 Å². The molecule has 5 heteroatoms. The Balaban J connectivity index is 1.95. The first-order valence-corrected chi connectivity index (χ1v) is 7.88. The number of carbonyl (C=O) groups is 1. The highest BCUT2D eigenvalue weighted by Crippen LogP contribution is 2.21. The van der Waals surface area contributed by atoms with Crippen LogP contribution in [0, 0.1) is 11.7 Å². The molecule has 0 aliphatic rings. The van der Waals surface area contributed by atoms with Crippen LogP contribution in [0.25, 0.3) is 0 Å². The molecule has 0 radical (unpaired) electrons. The molecule has 0 saturated carbocycles. The largest absolute Gasteiger partial charge is 0.325 e. The Morgan fingerprint density at radius 1 is 1.17 bits per heavy atom. The minimum atomic E-state index is -0.508. The Bertz CT molecular complexity index is 661. The highest BCUT2D eigenvalue weighted by molar-refractivity contribution is 6.31. The summed E-state index contributed by atoms with van der Waals surface area (Å²) in [7, 11) is 0. The van der Waals surface area contributed by atoms with Crippen molar-refractivity contribution < 1.29 is 9.18 Å². The SMILES string of the molecule is CC(C)[C@@H](NCC(=O)Nc1ccc(F)c(Cl)c1)c1ccccc1. The maximum absolute atomic E-state index is 13.1. The molecule has 1 amide bonds. The Labute approximate surface area is 140 Å². The van der Waals surface area contributed by atoms with Crippen molar-refractivity contribution in [2.75, 3.05) is 11.9 Å². The molecule has 2 N–H and O–H groups in total. The lowest BCUT2D eigenvalue weighted by molar-refractivity contribution is -0.115. The Morgan fingerprint density at radius 2 is 1.87 bits per heavy atom. The van der Waals surface area contributed by atoms with E-state index in [9.17, 15) is 9.18 Å². The lowest BCUT2D eigenvalue weighted by Crippen LogP contribution is -2.33. The molecule has 0 heterocycles. The molecule has 23 heavy (non-hydrogen) atoms. The molecule has 1 atom stereocenters. The molecular formula is C18H20ClFN2O. The quantitative estimate of drug-likeness (QED) is 0.821. The van der Waals surface area contributed by atoms with Crippen LogP contribution in [0.15, 0.2) is 48.5 Å². The van der Waals surface area contributed by atoms with Crippen molar-refractivity contribution >= 4 is 23.2 Å². The zero-order chi connectivity index (χ0) is 16.8. The molecule has 0 aliphatic heterocycles. The number of carbonyl (C=O) groups excluding carboxylic acids is 1. The van der Waals surface area contributed by atoms with E-state index in [0.29, 0.717) is 11.6 Å². The fourth-order valence-electron chi connectivity index (χ4n) is 2.38. The van der Waals surface area contributed by atoms with Crippen molar-refractivity contribution in [2.24, 2.45) is 5.92 Å². The van der Waals surface area contributed by atoms with Gasteiger partial charge in [0.15, 0.2) is 0 Å². The van der Waals surface area contributed by atoms with Gasteiger partial charge in [0.05, 0.1) is 11.6 Å². The van der Waals surface area contributed by atoms with Crippen molar-refractivity contribution in [3.63, 3.8) is 0 Å². The number of nitrogens with one attached hydrogen (secondary N) is 2. The lowest BCUT2D eigenvalue weighted by Gasteiger charge is -2.22. The lowest BCUT2D eigenvalue weighted by atomic mass is 9.96. The average molecular weight is 335 g/mol. The van der Waals surface area contributed by atoms with Gasteiger partial charge < -0.3 is 10.6 Å². The van der Waals surface area contributed by atoms with E-state index in [1.165, 1.54) is 18.2 Å². The van der Waals surface area contributed by atoms with Gasteiger partial charge in [0.1, 0.15) is 5.82 Å². The van der Waals surface area contributed by atoms with E-state index in [1.807, 2.05) is 30.3 Å². The zero-order valence-electron chi connectivity index (χ0n) is 13.1. The summed E-state index contributed by atoms with van der Waals surface area (Å²) in [4.78, 5) is 12.1. The van der Waals surface area contributed by atoms with Crippen LogP contribution in [0.1, 0.15) is 25.5 Å². The van der Waals surface area contributed by atoms with Gasteiger partial charge in [-0.25, -0.2) is 4.39 Å². The first-order chi connectivity index (χ1) is 11.0. The number of amides is 1. The topological polar surface area (TPSA) is 41.1 Å². The van der Waals surface area contributed by atoms with Crippen molar-refractivity contribution in [3.8, 4) is 0 Å². The molecule has 0 saturated heterocycles. The van der Waals surface area contributed by atoms with Gasteiger partial charge in [-0.05, 0) is 29.7 Å². The number of hydrogen-bond acceptors (Lipinski definition) is 2. The molecule has 122 valence electrons. The van der Waals surface area contributed by atoms with E-state index in [-0.39, 0.29) is 23.5 Å². The minimum absolute atomic E-state index is 0.0138. The van der Waals surface area contributed by atoms with Gasteiger partial charge in [-0.15, -0.1) is 0 Å². The Kier molecular flexibility index (Phi) is 6.13. The fourth-order valence-corrected chi connectivity index (χ4v) is 2.56. The zero-order valence-corrected chi connectivity index (χ0v) is 13.9. The minimum Gasteiger partial charge on any atom is -0.325 e. The summed E-state index contributed by atoms with van der Waals surface area (Å²) in [5, 5.41) is 5.95. The van der Waals surface area contributed by atoms with Gasteiger partial charge in [-0.1, -0.05) is 55.8 Å². The molecule has 0 fully saturated rings. The first-order valence-electron chi connectivity index (χ1n) is 7.50. The highest BCUT2D eigenvalue weighted by atomic mass is 35.5. The molecule has 0 spiro atoms. The third-order valence-electron chi connectivity index (χ3n) is 3.51. The predicted molar refractivity (Wildman–Crippen MR) is 92.1 cm³/mol. The summed E-state index contributed by atoms with van der Waals surface area (Å²) in [5.74, 6) is -0.369. The van der Waals surface area contributed by atoms with Gasteiger partial charge in [0.25, 0.3) is 0 Å². The monoisotopic (exact) mass is 334 g/mol. The molecule has 0 aromatic heterocycles. The van der Waals surface area contributed by atoms with Crippen LogP contribution in [0.5, 0.6) is 0 Å². The standard InChI is InChI=1S/C18H20ClFN2O/c1-12(2)18(13-6-4-3-5-7-13)21-11-17(23)22-14-8-9-16(20)15(19)10-14/h3-10,12,18,21H,11H2,1-2H3,(H,22,23)/t18-/m1/s1. The van der Waals surface area contributed by atoms with Crippen LogP contribution in [0.3, 0.4) is 0 Å². The van der Waals surface area contributed by atoms with Crippen LogP contribution >= 0.6 is 11.6 Å². The van der Waals surface area contributed by atoms with Crippen LogP contribution in [0.2, 0.25) is 5.02 Å². The van der Waals surface area contributed by atoms with Gasteiger partial charge in [0, 0.05) is 11.7 Å². The maximum atomic E-state index is 13.1. The van der Waals surface area contributed by atoms with Crippen LogP contribution in [0.4, 0.5) is 10.1 Å². The second-order valence-electron chi connectivity index (χ2n) is 5.69. The van der Waals surface area contributed by atoms with Gasteiger partial charge in [-0.3, -0.25) is 4.79 Å². The van der Waals surface area contributed by atoms with Crippen molar-refractivity contribution in [3.05, 3.63) is 64.9 Å². The van der Waals surface area contributed by atoms with E-state index >= 15 is 0 Å². The second-order valence-corrected chi connectivity index (χ2v) is 6.10. The van der Waals surface area contributed by atoms with Crippen molar-refractivity contribution in [1.82, 2.24) is 5.32 Å². The number of rotatable bonds is 6. The highest BCUT2D eigenvalue weighted by Gasteiger charge is 2.16. The van der Waals surface area contributed by atoms with Gasteiger partial charge >= 0.3 is 0 Å². The fraction of sp³-hybridized carbons (Fsp3) is 0.278. The van der Waals surface area contributed by atoms with E-state index in [0.717, 1.165) is 5.56 Å². The van der Waals surface area contributed by atoms with E-state index in [2.05, 4.69) is 24.5 Å². The molecule has 3 nitrogen and oxygen atoms in total. The average Bonchev–Trinajstić information content (AvgIpc) is 2.52. The third-order valence-corrected chi connectivity index (χ3v) is 3.80. The van der Waals surface area contributed by atoms with Crippen LogP contribution in [-0.2, 0) is 4.79 Å². The van der Waals surface area contributed by atoms with E-state index in [4.69, 9.17) is 11.6 Å². The Morgan fingerprint density at radius 3 is 2.48 bits per heavy atom. The summed E-state index contributed by atoms with van der Waals surface area (Å²) in [5.41, 5.74) is 1.61. The molecule has 2 rings (SSSR count). The number of hydrogen-bond donors (Lipinski definition) is 2. The number of anilines is 1. The van der Waals surface area contributed by atoms with Crippen molar-refractivity contribution in [2.45, 2.75) is 19.9 Å². The van der Waals surface area contributed by atoms with Gasteiger partial charge in [0.2, 0.25) is 5.91 Å². The summed E-state index contributed by atoms with van der Waals surface area (Å²) < 4.78 is 13.1. The molecule has 2 aromatic carbocycles. The molecule has 0 bridgehead atoms. The van der Waals surface area contributed by atoms with Crippen molar-refractivity contribution in [1.29, 1.82) is 0 Å². The molecular weight excluding hydrogens is 315 g/mol. The molecule has 0 unspecified atom stereocenters. The molecule has 2 aromatic rings. The summed E-state index contributed by atoms with van der Waals surface area (Å²) >= 11 is 5.70. The number of benzene rings is 2. The third kappa shape index (κ3) is 5.05. The summed E-state index contributed by atoms with van der Waals surface area (Å²) in [6.07, 6.45) is 0. The van der Waals surface area contributed by atoms with Crippen LogP contribution < -0.4 is 10.6 Å². The summed E-state index contributed by atoms with van der Waals surface area (Å²) in [6.45, 7) is 4.36. The molecule has 0 aliphatic carbocycles. The number of halogens is 2. The van der Waals surface area contributed by atoms with E-state index in [1.54, 1.807) is 0 Å². The summed E-state index contributed by atoms with van der Waals surface area (Å²) in [6, 6.07) is 14.2. The predicted octanol–water partition coefficient (Wildman–Crippen LogP) is 4.40. The van der Waals surface area contributed by atoms with Gasteiger partial charge in [-0.2, -0.15) is 0 Å². The normalized spacial score (nSPS) is 12.2. The smallest absolute Gasteiger partial charge is 0.238 e. The van der Waals surface area contributed by atoms with E-state index < -0.39 is 5.82 Å².